The highest BCUT2D eigenvalue weighted by atomic mass is 16.5. The van der Waals surface area contributed by atoms with Gasteiger partial charge in [-0.3, -0.25) is 0 Å². The number of ether oxygens (including phenoxy) is 1. The van der Waals surface area contributed by atoms with Crippen LogP contribution in [0.4, 0.5) is 0 Å². The molecule has 0 aliphatic carbocycles. The van der Waals surface area contributed by atoms with Crippen molar-refractivity contribution in [2.75, 3.05) is 13.2 Å². The van der Waals surface area contributed by atoms with Gasteiger partial charge in [0, 0.05) is 18.2 Å². The first-order valence-corrected chi connectivity index (χ1v) is 5.97. The molecule has 1 rings (SSSR count). The zero-order valence-corrected chi connectivity index (χ0v) is 10.2. The zero-order valence-electron chi connectivity index (χ0n) is 10.2. The third-order valence-corrected chi connectivity index (χ3v) is 2.38. The van der Waals surface area contributed by atoms with E-state index in [1.807, 2.05) is 24.3 Å². The van der Waals surface area contributed by atoms with Gasteiger partial charge in [-0.2, -0.15) is 0 Å². The first-order valence-electron chi connectivity index (χ1n) is 5.97. The van der Waals surface area contributed by atoms with Gasteiger partial charge in [-0.25, -0.2) is 4.79 Å². The molecule has 0 amide bonds. The second kappa shape index (κ2) is 8.31. The van der Waals surface area contributed by atoms with Gasteiger partial charge in [0.05, 0.1) is 6.61 Å². The molecule has 98 valence electrons. The van der Waals surface area contributed by atoms with E-state index in [-0.39, 0.29) is 6.61 Å². The molecule has 0 spiro atoms. The van der Waals surface area contributed by atoms with Crippen LogP contribution in [0.2, 0.25) is 0 Å². The molecule has 0 unspecified atom stereocenters. The van der Waals surface area contributed by atoms with Crippen LogP contribution in [0.25, 0.3) is 6.08 Å². The molecular formula is C14H18O4. The van der Waals surface area contributed by atoms with E-state index in [1.165, 1.54) is 6.08 Å². The van der Waals surface area contributed by atoms with E-state index in [2.05, 4.69) is 0 Å². The Balaban J connectivity index is 2.51. The number of carbonyl (C=O) groups is 1. The first-order chi connectivity index (χ1) is 8.74. The Bertz CT molecular complexity index is 399. The van der Waals surface area contributed by atoms with Crippen LogP contribution in [0.5, 0.6) is 5.75 Å². The molecule has 0 saturated carbocycles. The fraction of sp³-hybridized carbons (Fsp3) is 0.357. The summed E-state index contributed by atoms with van der Waals surface area (Å²) in [4.78, 5) is 10.5. The van der Waals surface area contributed by atoms with Crippen molar-refractivity contribution < 1.29 is 19.7 Å². The average molecular weight is 250 g/mol. The highest BCUT2D eigenvalue weighted by Gasteiger charge is 2.00. The van der Waals surface area contributed by atoms with Gasteiger partial charge in [0.25, 0.3) is 0 Å². The largest absolute Gasteiger partial charge is 0.493 e. The van der Waals surface area contributed by atoms with Crippen LogP contribution < -0.4 is 4.74 Å². The third-order valence-electron chi connectivity index (χ3n) is 2.38. The van der Waals surface area contributed by atoms with Gasteiger partial charge in [0.15, 0.2) is 0 Å². The Morgan fingerprint density at radius 1 is 1.22 bits per heavy atom. The maximum atomic E-state index is 10.5. The summed E-state index contributed by atoms with van der Waals surface area (Å²) in [5.41, 5.74) is 0.752. The van der Waals surface area contributed by atoms with Gasteiger partial charge in [0.2, 0.25) is 0 Å². The summed E-state index contributed by atoms with van der Waals surface area (Å²) in [5, 5.41) is 17.2. The van der Waals surface area contributed by atoms with Gasteiger partial charge >= 0.3 is 5.97 Å². The van der Waals surface area contributed by atoms with Crippen LogP contribution in [0.15, 0.2) is 30.3 Å². The van der Waals surface area contributed by atoms with E-state index in [9.17, 15) is 4.79 Å². The lowest BCUT2D eigenvalue weighted by molar-refractivity contribution is -0.131. The van der Waals surface area contributed by atoms with Crippen molar-refractivity contribution in [3.63, 3.8) is 0 Å². The molecular weight excluding hydrogens is 232 g/mol. The van der Waals surface area contributed by atoms with Crippen molar-refractivity contribution in [2.24, 2.45) is 0 Å². The molecule has 1 aromatic carbocycles. The van der Waals surface area contributed by atoms with E-state index >= 15 is 0 Å². The summed E-state index contributed by atoms with van der Waals surface area (Å²) in [5.74, 6) is -0.299. The standard InChI is InChI=1S/C14H18O4/c15-10-4-1-5-11-18-13-7-3-2-6-12(13)8-9-14(16)17/h2-3,6-9,15H,1,4-5,10-11H2,(H,16,17)/b9-8+. The fourth-order valence-corrected chi connectivity index (χ4v) is 1.48. The normalized spacial score (nSPS) is 10.7. The predicted molar refractivity (Wildman–Crippen MR) is 69.5 cm³/mol. The molecule has 0 radical (unpaired) electrons. The lowest BCUT2D eigenvalue weighted by atomic mass is 10.2. The van der Waals surface area contributed by atoms with Gasteiger partial charge in [-0.05, 0) is 31.4 Å². The number of carboxylic acid groups (broad SMARTS) is 1. The van der Waals surface area contributed by atoms with Crippen LogP contribution in [0, 0.1) is 0 Å². The summed E-state index contributed by atoms with van der Waals surface area (Å²) in [6.07, 6.45) is 5.18. The lowest BCUT2D eigenvalue weighted by Gasteiger charge is -2.08. The number of rotatable bonds is 8. The molecule has 0 bridgehead atoms. The number of para-hydroxylation sites is 1. The molecule has 2 N–H and O–H groups in total. The molecule has 0 aromatic heterocycles. The van der Waals surface area contributed by atoms with Crippen molar-refractivity contribution in [2.45, 2.75) is 19.3 Å². The Labute approximate surface area is 107 Å². The quantitative estimate of drug-likeness (QED) is 0.549. The van der Waals surface area contributed by atoms with Crippen molar-refractivity contribution in [3.05, 3.63) is 35.9 Å². The summed E-state index contributed by atoms with van der Waals surface area (Å²) in [6, 6.07) is 7.30. The van der Waals surface area contributed by atoms with Crippen molar-refractivity contribution in [1.29, 1.82) is 0 Å². The molecule has 18 heavy (non-hydrogen) atoms. The topological polar surface area (TPSA) is 66.8 Å². The number of benzene rings is 1. The second-order valence-corrected chi connectivity index (χ2v) is 3.84. The molecule has 0 heterocycles. The van der Waals surface area contributed by atoms with E-state index < -0.39 is 5.97 Å². The maximum absolute atomic E-state index is 10.5. The minimum atomic E-state index is -0.979. The predicted octanol–water partition coefficient (Wildman–Crippen LogP) is 2.33. The van der Waals surface area contributed by atoms with Gasteiger partial charge in [-0.15, -0.1) is 0 Å². The summed E-state index contributed by atoms with van der Waals surface area (Å²) in [7, 11) is 0. The average Bonchev–Trinajstić information content (AvgIpc) is 2.37. The number of hydrogen-bond acceptors (Lipinski definition) is 3. The minimum absolute atomic E-state index is 0.206. The van der Waals surface area contributed by atoms with E-state index in [0.29, 0.717) is 12.4 Å². The van der Waals surface area contributed by atoms with Gasteiger partial charge < -0.3 is 14.9 Å². The molecule has 0 saturated heterocycles. The zero-order chi connectivity index (χ0) is 13.2. The van der Waals surface area contributed by atoms with Crippen LogP contribution >= 0.6 is 0 Å². The molecule has 0 atom stereocenters. The maximum Gasteiger partial charge on any atom is 0.328 e. The Hall–Kier alpha value is -1.81. The van der Waals surface area contributed by atoms with Crippen molar-refractivity contribution >= 4 is 12.0 Å². The fourth-order valence-electron chi connectivity index (χ4n) is 1.48. The van der Waals surface area contributed by atoms with Crippen LogP contribution in [0.1, 0.15) is 24.8 Å². The highest BCUT2D eigenvalue weighted by Crippen LogP contribution is 2.19. The van der Waals surface area contributed by atoms with E-state index in [4.69, 9.17) is 14.9 Å². The van der Waals surface area contributed by atoms with Crippen LogP contribution in [-0.4, -0.2) is 29.4 Å². The van der Waals surface area contributed by atoms with Crippen molar-refractivity contribution in [3.8, 4) is 5.75 Å². The second-order valence-electron chi connectivity index (χ2n) is 3.84. The molecule has 0 fully saturated rings. The Kier molecular flexibility index (Phi) is 6.58. The van der Waals surface area contributed by atoms with Crippen molar-refractivity contribution in [1.82, 2.24) is 0 Å². The summed E-state index contributed by atoms with van der Waals surface area (Å²) >= 11 is 0. The lowest BCUT2D eigenvalue weighted by Crippen LogP contribution is -1.99. The molecule has 4 heteroatoms. The Morgan fingerprint density at radius 3 is 2.72 bits per heavy atom. The van der Waals surface area contributed by atoms with E-state index in [1.54, 1.807) is 0 Å². The number of unbranched alkanes of at least 4 members (excludes halogenated alkanes) is 2. The van der Waals surface area contributed by atoms with Gasteiger partial charge in [0.1, 0.15) is 5.75 Å². The van der Waals surface area contributed by atoms with Crippen LogP contribution in [0.3, 0.4) is 0 Å². The SMILES string of the molecule is O=C(O)/C=C/c1ccccc1OCCCCCO. The summed E-state index contributed by atoms with van der Waals surface area (Å²) in [6.45, 7) is 0.774. The minimum Gasteiger partial charge on any atom is -0.493 e. The molecule has 0 aliphatic rings. The molecule has 0 aliphatic heterocycles. The number of carboxylic acids is 1. The number of aliphatic carboxylic acids is 1. The molecule has 4 nitrogen and oxygen atoms in total. The van der Waals surface area contributed by atoms with Crippen LogP contribution in [-0.2, 0) is 4.79 Å². The number of hydrogen-bond donors (Lipinski definition) is 2. The highest BCUT2D eigenvalue weighted by molar-refractivity contribution is 5.85. The van der Waals surface area contributed by atoms with E-state index in [0.717, 1.165) is 30.9 Å². The monoisotopic (exact) mass is 250 g/mol. The first kappa shape index (κ1) is 14.3. The number of aliphatic hydroxyl groups excluding tert-OH is 1. The summed E-state index contributed by atoms with van der Waals surface area (Å²) < 4.78 is 5.59. The van der Waals surface area contributed by atoms with Gasteiger partial charge in [-0.1, -0.05) is 18.2 Å². The molecule has 1 aromatic rings. The smallest absolute Gasteiger partial charge is 0.328 e. The number of aliphatic hydroxyl groups is 1. The Morgan fingerprint density at radius 2 is 2.00 bits per heavy atom. The third kappa shape index (κ3) is 5.50.